The second kappa shape index (κ2) is 11.6. The Morgan fingerprint density at radius 3 is 2.57 bits per heavy atom. The lowest BCUT2D eigenvalue weighted by atomic mass is 10.1. The number of ether oxygens (including phenoxy) is 2. The summed E-state index contributed by atoms with van der Waals surface area (Å²) in [6.07, 6.45) is 3.58. The van der Waals surface area contributed by atoms with Crippen molar-refractivity contribution < 1.29 is 19.1 Å². The second-order valence-corrected chi connectivity index (χ2v) is 7.81. The third kappa shape index (κ3) is 6.29. The van der Waals surface area contributed by atoms with E-state index in [4.69, 9.17) is 20.9 Å². The Kier molecular flexibility index (Phi) is 8.29. The lowest BCUT2D eigenvalue weighted by Gasteiger charge is -2.20. The van der Waals surface area contributed by atoms with E-state index in [0.29, 0.717) is 42.2 Å². The topological polar surface area (TPSA) is 132 Å². The number of ketones is 1. The maximum absolute atomic E-state index is 12.8. The number of hydrogen-bond acceptors (Lipinski definition) is 9. The van der Waals surface area contributed by atoms with Crippen LogP contribution in [0.3, 0.4) is 0 Å². The first-order valence-electron chi connectivity index (χ1n) is 10.9. The normalized spacial score (nSPS) is 15.9. The number of nitrogens with zero attached hydrogens (tertiary/aromatic N) is 2. The van der Waals surface area contributed by atoms with Crippen LogP contribution in [-0.2, 0) is 9.53 Å². The minimum absolute atomic E-state index is 0.153. The third-order valence-electron chi connectivity index (χ3n) is 5.43. The average Bonchev–Trinajstić information content (AvgIpc) is 3.37. The summed E-state index contributed by atoms with van der Waals surface area (Å²) in [4.78, 5) is 30.7. The van der Waals surface area contributed by atoms with Crippen LogP contribution in [0.2, 0.25) is 0 Å². The van der Waals surface area contributed by atoms with Crippen LogP contribution in [0.15, 0.2) is 90.2 Å². The number of Topliss-reactive ketones (excluding diaryl/α,β-unsaturated/α-hetero) is 1. The smallest absolute Gasteiger partial charge is 0.310 e. The molecule has 2 aromatic rings. The van der Waals surface area contributed by atoms with Gasteiger partial charge in [0.25, 0.3) is 5.88 Å². The standard InChI is InChI=1S/C26H29N5O4/c1-4-14-29-25(24(28)31-15-13-19(16-31)26(33)34-3)35-20-11-9-18(10-12-20)23(32)17(2)30-22-8-6-5-7-21(22)27/h4-12,14,19,30H,1-2,13,15-16,27-28H2,3H3/b25-24-,29-14?/t19-/m0/s1. The van der Waals surface area contributed by atoms with Crippen molar-refractivity contribution in [1.29, 1.82) is 0 Å². The maximum atomic E-state index is 12.8. The van der Waals surface area contributed by atoms with Gasteiger partial charge < -0.3 is 31.2 Å². The predicted octanol–water partition coefficient (Wildman–Crippen LogP) is 3.29. The van der Waals surface area contributed by atoms with Crippen LogP contribution in [0.25, 0.3) is 0 Å². The van der Waals surface area contributed by atoms with Crippen molar-refractivity contribution >= 4 is 29.3 Å². The molecule has 1 aliphatic rings. The number of methoxy groups -OCH3 is 1. The molecular weight excluding hydrogens is 446 g/mol. The molecule has 1 aliphatic heterocycles. The molecule has 1 atom stereocenters. The first-order chi connectivity index (χ1) is 16.8. The molecule has 0 unspecified atom stereocenters. The average molecular weight is 476 g/mol. The number of para-hydroxylation sites is 2. The highest BCUT2D eigenvalue weighted by molar-refractivity contribution is 6.10. The van der Waals surface area contributed by atoms with E-state index in [1.54, 1.807) is 42.5 Å². The fraction of sp³-hybridized carbons (Fsp3) is 0.192. The summed E-state index contributed by atoms with van der Waals surface area (Å²) in [5, 5.41) is 2.95. The fourth-order valence-electron chi connectivity index (χ4n) is 3.53. The van der Waals surface area contributed by atoms with Crippen molar-refractivity contribution in [2.75, 3.05) is 31.2 Å². The number of allylic oxidation sites excluding steroid dienone is 2. The van der Waals surface area contributed by atoms with Crippen LogP contribution >= 0.6 is 0 Å². The second-order valence-electron chi connectivity index (χ2n) is 7.81. The third-order valence-corrected chi connectivity index (χ3v) is 5.43. The molecule has 0 amide bonds. The highest BCUT2D eigenvalue weighted by Gasteiger charge is 2.31. The molecule has 0 bridgehead atoms. The summed E-state index contributed by atoms with van der Waals surface area (Å²) >= 11 is 0. The molecule has 0 radical (unpaired) electrons. The van der Waals surface area contributed by atoms with Gasteiger partial charge >= 0.3 is 5.97 Å². The minimum atomic E-state index is -0.286. The van der Waals surface area contributed by atoms with Crippen LogP contribution in [0.5, 0.6) is 5.75 Å². The lowest BCUT2D eigenvalue weighted by Crippen LogP contribution is -2.29. The van der Waals surface area contributed by atoms with Crippen LogP contribution < -0.4 is 21.5 Å². The summed E-state index contributed by atoms with van der Waals surface area (Å²) < 4.78 is 10.7. The Morgan fingerprint density at radius 1 is 1.20 bits per heavy atom. The van der Waals surface area contributed by atoms with E-state index in [1.807, 2.05) is 11.0 Å². The van der Waals surface area contributed by atoms with Crippen LogP contribution in [0, 0.1) is 5.92 Å². The van der Waals surface area contributed by atoms with Gasteiger partial charge in [-0.3, -0.25) is 9.59 Å². The quantitative estimate of drug-likeness (QED) is 0.119. The predicted molar refractivity (Wildman–Crippen MR) is 137 cm³/mol. The molecule has 182 valence electrons. The Balaban J connectivity index is 1.72. The van der Waals surface area contributed by atoms with Gasteiger partial charge in [-0.1, -0.05) is 31.4 Å². The van der Waals surface area contributed by atoms with Crippen LogP contribution in [-0.4, -0.2) is 43.1 Å². The van der Waals surface area contributed by atoms with E-state index < -0.39 is 0 Å². The number of carbonyl (C=O) groups is 2. The number of nitrogen functional groups attached to an aromatic ring is 1. The Bertz CT molecular complexity index is 1170. The Morgan fingerprint density at radius 2 is 1.91 bits per heavy atom. The Hall–Kier alpha value is -4.53. The van der Waals surface area contributed by atoms with Crippen molar-refractivity contribution in [3.05, 3.63) is 90.7 Å². The van der Waals surface area contributed by atoms with Crippen molar-refractivity contribution in [3.63, 3.8) is 0 Å². The number of nitrogens with one attached hydrogen (secondary N) is 1. The van der Waals surface area contributed by atoms with Gasteiger partial charge in [0.2, 0.25) is 5.78 Å². The molecule has 1 heterocycles. The van der Waals surface area contributed by atoms with Gasteiger partial charge in [0.1, 0.15) is 5.75 Å². The van der Waals surface area contributed by atoms with Gasteiger partial charge in [0.15, 0.2) is 5.82 Å². The monoisotopic (exact) mass is 475 g/mol. The summed E-state index contributed by atoms with van der Waals surface area (Å²) in [7, 11) is 1.37. The zero-order valence-corrected chi connectivity index (χ0v) is 19.6. The number of nitrogens with two attached hydrogens (primary N) is 2. The van der Waals surface area contributed by atoms with E-state index in [-0.39, 0.29) is 35.1 Å². The van der Waals surface area contributed by atoms with Crippen molar-refractivity contribution in [1.82, 2.24) is 4.90 Å². The zero-order chi connectivity index (χ0) is 25.4. The van der Waals surface area contributed by atoms with E-state index in [2.05, 4.69) is 23.5 Å². The minimum Gasteiger partial charge on any atom is -0.469 e. The van der Waals surface area contributed by atoms with E-state index >= 15 is 0 Å². The molecule has 9 nitrogen and oxygen atoms in total. The SMILES string of the molecule is C=CC=N/C(Oc1ccc(C(=O)C(=C)Nc2ccccc2N)cc1)=C(\N)N1CC[C@H](C(=O)OC)C1. The largest absolute Gasteiger partial charge is 0.469 e. The molecule has 3 rings (SSSR count). The molecule has 0 aliphatic carbocycles. The maximum Gasteiger partial charge on any atom is 0.310 e. The number of likely N-dealkylation sites (tertiary alicyclic amines) is 1. The Labute approximate surface area is 204 Å². The molecule has 0 saturated carbocycles. The number of benzene rings is 2. The van der Waals surface area contributed by atoms with Gasteiger partial charge in [-0.15, -0.1) is 0 Å². The highest BCUT2D eigenvalue weighted by atomic mass is 16.5. The van der Waals surface area contributed by atoms with Gasteiger partial charge in [0.05, 0.1) is 30.1 Å². The highest BCUT2D eigenvalue weighted by Crippen LogP contribution is 2.24. The summed E-state index contributed by atoms with van der Waals surface area (Å²) in [5.74, 6) is 0.0406. The summed E-state index contributed by atoms with van der Waals surface area (Å²) in [6.45, 7) is 8.42. The molecule has 9 heteroatoms. The molecule has 1 saturated heterocycles. The molecule has 0 spiro atoms. The molecule has 1 fully saturated rings. The number of rotatable bonds is 10. The van der Waals surface area contributed by atoms with Crippen LogP contribution in [0.1, 0.15) is 16.8 Å². The molecular formula is C26H29N5O4. The van der Waals surface area contributed by atoms with Gasteiger partial charge in [-0.2, -0.15) is 0 Å². The lowest BCUT2D eigenvalue weighted by molar-refractivity contribution is -0.144. The molecule has 0 aromatic heterocycles. The van der Waals surface area contributed by atoms with E-state index in [9.17, 15) is 9.59 Å². The van der Waals surface area contributed by atoms with Gasteiger partial charge in [-0.25, -0.2) is 4.99 Å². The first-order valence-corrected chi connectivity index (χ1v) is 10.9. The molecule has 5 N–H and O–H groups in total. The van der Waals surface area contributed by atoms with E-state index in [0.717, 1.165) is 0 Å². The molecule has 35 heavy (non-hydrogen) atoms. The summed E-state index contributed by atoms with van der Waals surface area (Å²) in [5.41, 5.74) is 14.0. The van der Waals surface area contributed by atoms with Crippen molar-refractivity contribution in [2.24, 2.45) is 16.6 Å². The number of hydrogen-bond donors (Lipinski definition) is 3. The van der Waals surface area contributed by atoms with Crippen molar-refractivity contribution in [3.8, 4) is 5.75 Å². The van der Waals surface area contributed by atoms with Gasteiger partial charge in [-0.05, 0) is 42.8 Å². The van der Waals surface area contributed by atoms with E-state index in [1.165, 1.54) is 19.4 Å². The van der Waals surface area contributed by atoms with Crippen molar-refractivity contribution in [2.45, 2.75) is 6.42 Å². The summed E-state index contributed by atoms with van der Waals surface area (Å²) in [6, 6.07) is 13.6. The molecule has 2 aromatic carbocycles. The number of aliphatic imine (C=N–C) groups is 1. The van der Waals surface area contributed by atoms with Gasteiger partial charge in [0, 0.05) is 24.9 Å². The van der Waals surface area contributed by atoms with Crippen LogP contribution in [0.4, 0.5) is 11.4 Å². The number of esters is 1. The first kappa shape index (κ1) is 25.1. The zero-order valence-electron chi connectivity index (χ0n) is 19.6. The number of carbonyl (C=O) groups excluding carboxylic acids is 2. The number of anilines is 2. The fourth-order valence-corrected chi connectivity index (χ4v) is 3.53.